The molecule has 2 amide bonds. The lowest BCUT2D eigenvalue weighted by molar-refractivity contribution is -0.124. The number of rotatable bonds is 5. The summed E-state index contributed by atoms with van der Waals surface area (Å²) in [5, 5.41) is 11.2. The minimum absolute atomic E-state index is 0.167. The van der Waals surface area contributed by atoms with Gasteiger partial charge in [-0.2, -0.15) is 0 Å². The van der Waals surface area contributed by atoms with E-state index in [2.05, 4.69) is 5.32 Å². The van der Waals surface area contributed by atoms with Gasteiger partial charge in [0.25, 0.3) is 0 Å². The third kappa shape index (κ3) is 6.10. The maximum absolute atomic E-state index is 11.0. The van der Waals surface area contributed by atoms with E-state index >= 15 is 0 Å². The van der Waals surface area contributed by atoms with Crippen molar-refractivity contribution in [2.75, 3.05) is 6.54 Å². The van der Waals surface area contributed by atoms with Crippen LogP contribution in [0.5, 0.6) is 0 Å². The van der Waals surface area contributed by atoms with Gasteiger partial charge in [0.05, 0.1) is 12.5 Å². The minimum atomic E-state index is -0.596. The molecule has 1 unspecified atom stereocenters. The smallest absolute Gasteiger partial charge is 0.224 e. The number of aliphatic hydroxyl groups excluding tert-OH is 1. The zero-order valence-corrected chi connectivity index (χ0v) is 7.78. The average Bonchev–Trinajstić information content (AvgIpc) is 2.00. The van der Waals surface area contributed by atoms with E-state index < -0.39 is 23.8 Å². The van der Waals surface area contributed by atoms with Crippen molar-refractivity contribution in [1.29, 1.82) is 0 Å². The van der Waals surface area contributed by atoms with Crippen LogP contribution in [0.1, 0.15) is 13.8 Å². The fourth-order valence-electron chi connectivity index (χ4n) is 0.616. The molecule has 75 valence electrons. The van der Waals surface area contributed by atoms with Crippen molar-refractivity contribution in [3.05, 3.63) is 6.42 Å². The molecular weight excluding hydrogens is 172 g/mol. The second kappa shape index (κ2) is 5.53. The summed E-state index contributed by atoms with van der Waals surface area (Å²) < 4.78 is 0. The molecule has 2 atom stereocenters. The first kappa shape index (κ1) is 11.9. The summed E-state index contributed by atoms with van der Waals surface area (Å²) in [4.78, 5) is 21.5. The van der Waals surface area contributed by atoms with Gasteiger partial charge in [0.2, 0.25) is 11.8 Å². The zero-order valence-electron chi connectivity index (χ0n) is 7.78. The van der Waals surface area contributed by atoms with E-state index in [0.29, 0.717) is 0 Å². The third-order valence-electron chi connectivity index (χ3n) is 1.42. The highest BCUT2D eigenvalue weighted by atomic mass is 16.3. The summed E-state index contributed by atoms with van der Waals surface area (Å²) in [7, 11) is 0. The number of aliphatic hydroxyl groups is 1. The lowest BCUT2D eigenvalue weighted by atomic mass is 10.1. The molecule has 0 aromatic carbocycles. The van der Waals surface area contributed by atoms with E-state index in [-0.39, 0.29) is 6.54 Å². The molecule has 0 aliphatic carbocycles. The second-order valence-electron chi connectivity index (χ2n) is 2.95. The fourth-order valence-corrected chi connectivity index (χ4v) is 0.616. The highest BCUT2D eigenvalue weighted by molar-refractivity contribution is 5.91. The van der Waals surface area contributed by atoms with Crippen LogP contribution in [-0.2, 0) is 9.59 Å². The first-order valence-corrected chi connectivity index (χ1v) is 4.03. The van der Waals surface area contributed by atoms with Crippen molar-refractivity contribution >= 4 is 11.8 Å². The highest BCUT2D eigenvalue weighted by Gasteiger charge is 2.14. The summed E-state index contributed by atoms with van der Waals surface area (Å²) in [6.07, 6.45) is 0.589. The van der Waals surface area contributed by atoms with E-state index in [1.165, 1.54) is 13.3 Å². The topological polar surface area (TPSA) is 92.4 Å². The SMILES string of the molecule is CC([CH]C(=O)NC[C@H](C)O)C(N)=O. The van der Waals surface area contributed by atoms with E-state index in [1.807, 2.05) is 0 Å². The van der Waals surface area contributed by atoms with Crippen LogP contribution in [0.15, 0.2) is 0 Å². The van der Waals surface area contributed by atoms with Crippen LogP contribution in [0.4, 0.5) is 0 Å². The number of nitrogens with one attached hydrogen (secondary N) is 1. The Morgan fingerprint density at radius 2 is 2.08 bits per heavy atom. The van der Waals surface area contributed by atoms with E-state index in [4.69, 9.17) is 10.8 Å². The Kier molecular flexibility index (Phi) is 5.06. The van der Waals surface area contributed by atoms with Crippen LogP contribution in [0.25, 0.3) is 0 Å². The molecule has 0 spiro atoms. The Morgan fingerprint density at radius 1 is 1.54 bits per heavy atom. The number of hydrogen-bond donors (Lipinski definition) is 3. The van der Waals surface area contributed by atoms with Crippen molar-refractivity contribution < 1.29 is 14.7 Å². The molecule has 4 N–H and O–H groups in total. The van der Waals surface area contributed by atoms with E-state index in [9.17, 15) is 9.59 Å². The summed E-state index contributed by atoms with van der Waals surface area (Å²) in [5.41, 5.74) is 4.94. The van der Waals surface area contributed by atoms with Gasteiger partial charge >= 0.3 is 0 Å². The lowest BCUT2D eigenvalue weighted by Gasteiger charge is -2.08. The summed E-state index contributed by atoms with van der Waals surface area (Å²) >= 11 is 0. The van der Waals surface area contributed by atoms with Crippen molar-refractivity contribution in [3.8, 4) is 0 Å². The van der Waals surface area contributed by atoms with Gasteiger partial charge in [0.15, 0.2) is 0 Å². The Hall–Kier alpha value is -1.10. The summed E-state index contributed by atoms with van der Waals surface area (Å²) in [5.74, 6) is -1.53. The first-order valence-electron chi connectivity index (χ1n) is 4.03. The van der Waals surface area contributed by atoms with Crippen LogP contribution < -0.4 is 11.1 Å². The standard InChI is InChI=1S/C8H15N2O3/c1-5(8(9)13)3-7(12)10-4-6(2)11/h3,5-6,11H,4H2,1-2H3,(H2,9,13)(H,10,12)/t5?,6-/m0/s1. The monoisotopic (exact) mass is 187 g/mol. The van der Waals surface area contributed by atoms with Crippen LogP contribution in [-0.4, -0.2) is 29.6 Å². The van der Waals surface area contributed by atoms with Gasteiger partial charge in [-0.3, -0.25) is 9.59 Å². The number of carbonyl (C=O) groups is 2. The highest BCUT2D eigenvalue weighted by Crippen LogP contribution is 1.97. The lowest BCUT2D eigenvalue weighted by Crippen LogP contribution is -2.34. The predicted molar refractivity (Wildman–Crippen MR) is 47.3 cm³/mol. The van der Waals surface area contributed by atoms with E-state index in [1.54, 1.807) is 6.92 Å². The second-order valence-corrected chi connectivity index (χ2v) is 2.95. The predicted octanol–water partition coefficient (Wildman–Crippen LogP) is -1.19. The minimum Gasteiger partial charge on any atom is -0.392 e. The Balaban J connectivity index is 3.68. The maximum atomic E-state index is 11.0. The molecule has 0 heterocycles. The molecule has 0 bridgehead atoms. The Labute approximate surface area is 77.3 Å². The summed E-state index contributed by atoms with van der Waals surface area (Å²) in [6.45, 7) is 3.25. The van der Waals surface area contributed by atoms with Crippen LogP contribution >= 0.6 is 0 Å². The zero-order chi connectivity index (χ0) is 10.4. The number of nitrogens with two attached hydrogens (primary N) is 1. The molecule has 5 heteroatoms. The molecule has 13 heavy (non-hydrogen) atoms. The van der Waals surface area contributed by atoms with Crippen LogP contribution in [0.3, 0.4) is 0 Å². The molecule has 0 saturated carbocycles. The Bertz CT molecular complexity index is 192. The average molecular weight is 187 g/mol. The Morgan fingerprint density at radius 3 is 2.46 bits per heavy atom. The van der Waals surface area contributed by atoms with Crippen LogP contribution in [0.2, 0.25) is 0 Å². The van der Waals surface area contributed by atoms with E-state index in [0.717, 1.165) is 0 Å². The summed E-state index contributed by atoms with van der Waals surface area (Å²) in [6, 6.07) is 0. The van der Waals surface area contributed by atoms with Gasteiger partial charge in [-0.15, -0.1) is 0 Å². The van der Waals surface area contributed by atoms with Crippen LogP contribution in [0, 0.1) is 12.3 Å². The molecular formula is C8H15N2O3. The van der Waals surface area contributed by atoms with Gasteiger partial charge < -0.3 is 16.2 Å². The molecule has 0 aromatic rings. The molecule has 0 rings (SSSR count). The van der Waals surface area contributed by atoms with Gasteiger partial charge in [-0.25, -0.2) is 0 Å². The molecule has 0 saturated heterocycles. The fraction of sp³-hybridized carbons (Fsp3) is 0.625. The molecule has 0 aliphatic heterocycles. The molecule has 0 aliphatic rings. The maximum Gasteiger partial charge on any atom is 0.224 e. The number of carbonyl (C=O) groups excluding carboxylic acids is 2. The van der Waals surface area contributed by atoms with Crippen molar-refractivity contribution in [2.24, 2.45) is 11.7 Å². The van der Waals surface area contributed by atoms with Crippen molar-refractivity contribution in [1.82, 2.24) is 5.32 Å². The molecule has 0 fully saturated rings. The number of primary amides is 1. The third-order valence-corrected chi connectivity index (χ3v) is 1.42. The van der Waals surface area contributed by atoms with Gasteiger partial charge in [0.1, 0.15) is 0 Å². The number of hydrogen-bond acceptors (Lipinski definition) is 3. The largest absolute Gasteiger partial charge is 0.392 e. The van der Waals surface area contributed by atoms with Gasteiger partial charge in [-0.05, 0) is 6.92 Å². The molecule has 5 nitrogen and oxygen atoms in total. The normalized spacial score (nSPS) is 14.7. The van der Waals surface area contributed by atoms with Crippen molar-refractivity contribution in [3.63, 3.8) is 0 Å². The van der Waals surface area contributed by atoms with Gasteiger partial charge in [-0.1, -0.05) is 6.92 Å². The van der Waals surface area contributed by atoms with Crippen molar-refractivity contribution in [2.45, 2.75) is 20.0 Å². The number of amides is 2. The van der Waals surface area contributed by atoms with Gasteiger partial charge in [0, 0.05) is 12.5 Å². The first-order chi connectivity index (χ1) is 5.93. The molecule has 1 radical (unpaired) electrons. The molecule has 0 aromatic heterocycles. The quantitative estimate of drug-likeness (QED) is 0.505.